The normalized spacial score (nSPS) is 15.2. The maximum atomic E-state index is 12.0. The largest absolute Gasteiger partial charge is 0.756 e. The number of carboxylic acid groups (broad SMARTS) is 1. The summed E-state index contributed by atoms with van der Waals surface area (Å²) in [5, 5.41) is 8.96. The van der Waals surface area contributed by atoms with Gasteiger partial charge in [0.25, 0.3) is 7.82 Å². The fourth-order valence-electron chi connectivity index (χ4n) is 3.27. The summed E-state index contributed by atoms with van der Waals surface area (Å²) in [6.07, 6.45) is 13.0. The molecule has 0 saturated carbocycles. The zero-order valence-corrected chi connectivity index (χ0v) is 20.0. The first-order chi connectivity index (χ1) is 13.6. The summed E-state index contributed by atoms with van der Waals surface area (Å²) in [6.45, 7) is 2.58. The van der Waals surface area contributed by atoms with E-state index in [1.54, 1.807) is 0 Å². The van der Waals surface area contributed by atoms with Gasteiger partial charge in [-0.2, -0.15) is 0 Å². The summed E-state index contributed by atoms with van der Waals surface area (Å²) < 4.78 is 22.3. The molecule has 8 heteroatoms. The molecule has 0 fully saturated rings. The number of phosphoric ester groups is 1. The predicted molar refractivity (Wildman–Crippen MR) is 115 cm³/mol. The number of hydrogen-bond donors (Lipinski definition) is 1. The second-order valence-corrected chi connectivity index (χ2v) is 10.3. The molecule has 7 nitrogen and oxygen atoms in total. The molecule has 0 aliphatic rings. The van der Waals surface area contributed by atoms with Gasteiger partial charge in [0.05, 0.1) is 34.2 Å². The van der Waals surface area contributed by atoms with Gasteiger partial charge < -0.3 is 23.5 Å². The Bertz CT molecular complexity index is 467. The smallest absolute Gasteiger partial charge is 0.306 e. The molecule has 1 N–H and O–H groups in total. The Morgan fingerprint density at radius 1 is 0.931 bits per heavy atom. The lowest BCUT2D eigenvalue weighted by Gasteiger charge is -2.32. The molecule has 0 amide bonds. The van der Waals surface area contributed by atoms with Crippen LogP contribution < -0.4 is 4.89 Å². The Balaban J connectivity index is 3.82. The van der Waals surface area contributed by atoms with Gasteiger partial charge in [0.1, 0.15) is 12.6 Å². The van der Waals surface area contributed by atoms with E-state index >= 15 is 0 Å². The van der Waals surface area contributed by atoms with Crippen LogP contribution in [0.25, 0.3) is 0 Å². The van der Waals surface area contributed by atoms with Gasteiger partial charge in [-0.05, 0) is 6.42 Å². The topological polar surface area (TPSA) is 95.9 Å². The highest BCUT2D eigenvalue weighted by atomic mass is 31.2. The fourth-order valence-corrected chi connectivity index (χ4v) is 4.19. The number of carboxylic acids is 1. The third-order valence-corrected chi connectivity index (χ3v) is 5.73. The molecule has 0 bridgehead atoms. The van der Waals surface area contributed by atoms with Crippen LogP contribution in [0.3, 0.4) is 0 Å². The van der Waals surface area contributed by atoms with Crippen molar-refractivity contribution in [2.75, 3.05) is 34.3 Å². The van der Waals surface area contributed by atoms with Crippen LogP contribution in [0.15, 0.2) is 0 Å². The third kappa shape index (κ3) is 20.6. The van der Waals surface area contributed by atoms with Crippen LogP contribution in [0.4, 0.5) is 0 Å². The molecule has 0 saturated heterocycles. The van der Waals surface area contributed by atoms with E-state index in [1.165, 1.54) is 57.8 Å². The number of unbranched alkanes of at least 4 members (excludes halogenated alkanes) is 11. The van der Waals surface area contributed by atoms with Gasteiger partial charge in [-0.15, -0.1) is 0 Å². The number of likely N-dealkylation sites (N-methyl/N-ethyl adjacent to an activating group) is 1. The Labute approximate surface area is 178 Å². The number of nitrogens with zero attached hydrogens (tertiary/aromatic N) is 1. The Morgan fingerprint density at radius 3 is 1.79 bits per heavy atom. The van der Waals surface area contributed by atoms with Crippen molar-refractivity contribution in [3.63, 3.8) is 0 Å². The molecule has 0 aromatic rings. The van der Waals surface area contributed by atoms with Crippen molar-refractivity contribution in [3.8, 4) is 0 Å². The molecule has 174 valence electrons. The minimum Gasteiger partial charge on any atom is -0.756 e. The van der Waals surface area contributed by atoms with E-state index < -0.39 is 19.9 Å². The van der Waals surface area contributed by atoms with Crippen molar-refractivity contribution < 1.29 is 32.9 Å². The molecule has 0 aromatic heterocycles. The third-order valence-electron chi connectivity index (χ3n) is 4.68. The van der Waals surface area contributed by atoms with Gasteiger partial charge >= 0.3 is 5.97 Å². The molecule has 0 aliphatic carbocycles. The summed E-state index contributed by atoms with van der Waals surface area (Å²) in [7, 11) is 1.05. The summed E-state index contributed by atoms with van der Waals surface area (Å²) >= 11 is 0. The van der Waals surface area contributed by atoms with Gasteiger partial charge in [-0.1, -0.05) is 77.6 Å². The summed E-state index contributed by atoms with van der Waals surface area (Å²) in [6, 6.07) is 0. The SMILES string of the molecule is CCCCCCCCCCCCCCOP(=O)([O-])OC(CC(=O)O)C[N+](C)(C)C. The van der Waals surface area contributed by atoms with Crippen molar-refractivity contribution >= 4 is 13.8 Å². The molecule has 0 aliphatic heterocycles. The average Bonchev–Trinajstić information content (AvgIpc) is 2.56. The second kappa shape index (κ2) is 16.3. The molecule has 0 aromatic carbocycles. The molecule has 0 heterocycles. The molecule has 0 rings (SSSR count). The number of hydrogen-bond acceptors (Lipinski definition) is 5. The highest BCUT2D eigenvalue weighted by molar-refractivity contribution is 7.45. The monoisotopic (exact) mass is 437 g/mol. The number of phosphoric acid groups is 1. The quantitative estimate of drug-likeness (QED) is 0.168. The molecule has 2 unspecified atom stereocenters. The van der Waals surface area contributed by atoms with Gasteiger partial charge in [0, 0.05) is 0 Å². The molecule has 29 heavy (non-hydrogen) atoms. The lowest BCUT2D eigenvalue weighted by molar-refractivity contribution is -0.873. The zero-order chi connectivity index (χ0) is 22.2. The van der Waals surface area contributed by atoms with E-state index in [4.69, 9.17) is 14.2 Å². The Hall–Kier alpha value is -0.460. The first-order valence-electron chi connectivity index (χ1n) is 11.2. The maximum absolute atomic E-state index is 12.0. The van der Waals surface area contributed by atoms with Crippen LogP contribution in [-0.2, 0) is 18.4 Å². The minimum absolute atomic E-state index is 0.0857. The molecular weight excluding hydrogens is 393 g/mol. The molecule has 0 radical (unpaired) electrons. The van der Waals surface area contributed by atoms with E-state index in [0.29, 0.717) is 10.9 Å². The first-order valence-corrected chi connectivity index (χ1v) is 12.7. The van der Waals surface area contributed by atoms with Crippen LogP contribution in [-0.4, -0.2) is 56.0 Å². The minimum atomic E-state index is -4.50. The maximum Gasteiger partial charge on any atom is 0.306 e. The number of aliphatic carboxylic acids is 1. The van der Waals surface area contributed by atoms with Crippen molar-refractivity contribution in [3.05, 3.63) is 0 Å². The summed E-state index contributed by atoms with van der Waals surface area (Å²) in [4.78, 5) is 22.9. The van der Waals surface area contributed by atoms with Crippen molar-refractivity contribution in [2.45, 2.75) is 96.5 Å². The molecule has 2 atom stereocenters. The molecular formula is C21H44NO6P. The van der Waals surface area contributed by atoms with E-state index in [0.717, 1.165) is 12.8 Å². The Kier molecular flexibility index (Phi) is 16.0. The van der Waals surface area contributed by atoms with E-state index in [9.17, 15) is 14.3 Å². The van der Waals surface area contributed by atoms with Crippen LogP contribution in [0.1, 0.15) is 90.4 Å². The summed E-state index contributed by atoms with van der Waals surface area (Å²) in [5.74, 6) is -1.09. The highest BCUT2D eigenvalue weighted by Crippen LogP contribution is 2.41. The number of quaternary nitrogens is 1. The predicted octanol–water partition coefficient (Wildman–Crippen LogP) is 4.74. The van der Waals surface area contributed by atoms with Gasteiger partial charge in [-0.3, -0.25) is 9.36 Å². The lowest BCUT2D eigenvalue weighted by atomic mass is 10.1. The fraction of sp³-hybridized carbons (Fsp3) is 0.952. The highest BCUT2D eigenvalue weighted by Gasteiger charge is 2.26. The number of rotatable bonds is 20. The van der Waals surface area contributed by atoms with Crippen LogP contribution in [0.2, 0.25) is 0 Å². The zero-order valence-electron chi connectivity index (χ0n) is 19.1. The first kappa shape index (κ1) is 28.5. The standard InChI is InChI=1S/C21H44NO6P/c1-5-6-7-8-9-10-11-12-13-14-15-16-17-27-29(25,26)28-20(18-21(23)24)19-22(2,3)4/h20H,5-19H2,1-4H3,(H-,23,24,25,26). The van der Waals surface area contributed by atoms with Crippen LogP contribution in [0, 0.1) is 0 Å². The van der Waals surface area contributed by atoms with Crippen molar-refractivity contribution in [1.29, 1.82) is 0 Å². The van der Waals surface area contributed by atoms with Crippen molar-refractivity contribution in [2.24, 2.45) is 0 Å². The second-order valence-electron chi connectivity index (χ2n) is 8.97. The average molecular weight is 438 g/mol. The summed E-state index contributed by atoms with van der Waals surface area (Å²) in [5.41, 5.74) is 0. The lowest BCUT2D eigenvalue weighted by Crippen LogP contribution is -2.43. The van der Waals surface area contributed by atoms with Crippen LogP contribution in [0.5, 0.6) is 0 Å². The number of carbonyl (C=O) groups is 1. The van der Waals surface area contributed by atoms with E-state index in [1.807, 2.05) is 21.1 Å². The van der Waals surface area contributed by atoms with E-state index in [-0.39, 0.29) is 19.6 Å². The molecule has 0 spiro atoms. The van der Waals surface area contributed by atoms with Crippen molar-refractivity contribution in [1.82, 2.24) is 0 Å². The van der Waals surface area contributed by atoms with Gasteiger partial charge in [0.15, 0.2) is 0 Å². The van der Waals surface area contributed by atoms with Crippen LogP contribution >= 0.6 is 7.82 Å². The van der Waals surface area contributed by atoms with Gasteiger partial charge in [0.2, 0.25) is 0 Å². The Morgan fingerprint density at radius 2 is 1.38 bits per heavy atom. The van der Waals surface area contributed by atoms with Gasteiger partial charge in [-0.25, -0.2) is 0 Å². The van der Waals surface area contributed by atoms with E-state index in [2.05, 4.69) is 6.92 Å².